The summed E-state index contributed by atoms with van der Waals surface area (Å²) in [6.45, 7) is 5.12. The lowest BCUT2D eigenvalue weighted by molar-refractivity contribution is 0.202. The number of aromatic nitrogens is 4. The van der Waals surface area contributed by atoms with E-state index in [9.17, 15) is 0 Å². The number of fused-ring (bicyclic) bond motifs is 2. The maximum absolute atomic E-state index is 4.88. The van der Waals surface area contributed by atoms with Crippen molar-refractivity contribution >= 4 is 22.1 Å². The summed E-state index contributed by atoms with van der Waals surface area (Å²) in [6, 6.07) is 12.4. The van der Waals surface area contributed by atoms with Crippen LogP contribution in [-0.2, 0) is 6.54 Å². The molecule has 1 saturated heterocycles. The Hall–Kier alpha value is -2.73. The number of para-hydroxylation sites is 1. The molecule has 2 aromatic carbocycles. The van der Waals surface area contributed by atoms with E-state index in [2.05, 4.69) is 51.4 Å². The second-order valence-electron chi connectivity index (χ2n) is 7.19. The van der Waals surface area contributed by atoms with Crippen molar-refractivity contribution in [2.45, 2.75) is 32.2 Å². The average Bonchev–Trinajstić information content (AvgIpc) is 3.30. The van der Waals surface area contributed by atoms with Crippen LogP contribution in [0.5, 0.6) is 0 Å². The molecule has 0 bridgehead atoms. The van der Waals surface area contributed by atoms with Crippen molar-refractivity contribution in [3.63, 3.8) is 0 Å². The number of nitrogens with zero attached hydrogens (tertiary/aromatic N) is 4. The van der Waals surface area contributed by atoms with Crippen molar-refractivity contribution in [3.8, 4) is 0 Å². The minimum Gasteiger partial charge on any atom is -0.342 e. The Morgan fingerprint density at radius 3 is 2.77 bits per heavy atom. The molecule has 1 fully saturated rings. The van der Waals surface area contributed by atoms with Crippen molar-refractivity contribution in [1.82, 2.24) is 25.2 Å². The van der Waals surface area contributed by atoms with E-state index in [0.29, 0.717) is 5.92 Å². The fourth-order valence-corrected chi connectivity index (χ4v) is 3.98. The van der Waals surface area contributed by atoms with Gasteiger partial charge < -0.3 is 4.98 Å². The van der Waals surface area contributed by atoms with Crippen LogP contribution in [0, 0.1) is 6.92 Å². The van der Waals surface area contributed by atoms with Gasteiger partial charge in [0.05, 0.1) is 11.0 Å². The summed E-state index contributed by atoms with van der Waals surface area (Å²) in [5.74, 6) is 1.64. The summed E-state index contributed by atoms with van der Waals surface area (Å²) in [5, 5.41) is 7.99. The van der Waals surface area contributed by atoms with Crippen molar-refractivity contribution in [2.75, 3.05) is 13.1 Å². The van der Waals surface area contributed by atoms with Crippen molar-refractivity contribution in [2.24, 2.45) is 0 Å². The Morgan fingerprint density at radius 2 is 1.92 bits per heavy atom. The zero-order chi connectivity index (χ0) is 17.5. The molecule has 0 atom stereocenters. The van der Waals surface area contributed by atoms with E-state index in [4.69, 9.17) is 9.61 Å². The van der Waals surface area contributed by atoms with Crippen LogP contribution in [0.2, 0.25) is 0 Å². The molecule has 5 rings (SSSR count). The molecule has 6 nitrogen and oxygen atoms in total. The second kappa shape index (κ2) is 6.21. The summed E-state index contributed by atoms with van der Waals surface area (Å²) >= 11 is 0. The summed E-state index contributed by atoms with van der Waals surface area (Å²) in [7, 11) is 0. The number of hydrogen-bond acceptors (Lipinski definition) is 5. The van der Waals surface area contributed by atoms with Gasteiger partial charge in [-0.3, -0.25) is 4.90 Å². The lowest BCUT2D eigenvalue weighted by Gasteiger charge is -2.31. The van der Waals surface area contributed by atoms with Crippen LogP contribution in [0.4, 0.5) is 0 Å². The summed E-state index contributed by atoms with van der Waals surface area (Å²) in [6.07, 6.45) is 2.23. The average molecular weight is 347 g/mol. The van der Waals surface area contributed by atoms with Gasteiger partial charge in [0.1, 0.15) is 16.9 Å². The van der Waals surface area contributed by atoms with Crippen LogP contribution in [0.25, 0.3) is 22.1 Å². The van der Waals surface area contributed by atoms with Gasteiger partial charge in [-0.2, -0.15) is 0 Å². The molecule has 0 unspecified atom stereocenters. The van der Waals surface area contributed by atoms with Crippen molar-refractivity contribution in [3.05, 3.63) is 53.3 Å². The number of likely N-dealkylation sites (tertiary alicyclic amines) is 1. The molecule has 26 heavy (non-hydrogen) atoms. The Labute approximate surface area is 151 Å². The SMILES string of the molecule is Cc1cccc2[nH]c(C3CCN(Cc4cccc5nonc45)CC3)nc12. The van der Waals surface area contributed by atoms with E-state index < -0.39 is 0 Å². The summed E-state index contributed by atoms with van der Waals surface area (Å²) in [4.78, 5) is 10.9. The van der Waals surface area contributed by atoms with E-state index >= 15 is 0 Å². The summed E-state index contributed by atoms with van der Waals surface area (Å²) < 4.78 is 4.88. The molecule has 0 saturated carbocycles. The third kappa shape index (κ3) is 2.66. The largest absolute Gasteiger partial charge is 0.342 e. The molecule has 4 aromatic rings. The third-order valence-electron chi connectivity index (χ3n) is 5.47. The molecule has 1 N–H and O–H groups in total. The molecule has 6 heteroatoms. The molecule has 2 aromatic heterocycles. The number of nitrogens with one attached hydrogen (secondary N) is 1. The number of H-pyrrole nitrogens is 1. The quantitative estimate of drug-likeness (QED) is 0.610. The number of rotatable bonds is 3. The molecule has 1 aliphatic rings. The van der Waals surface area contributed by atoms with Gasteiger partial charge >= 0.3 is 0 Å². The van der Waals surface area contributed by atoms with Gasteiger partial charge in [0.2, 0.25) is 0 Å². The van der Waals surface area contributed by atoms with Gasteiger partial charge in [-0.15, -0.1) is 0 Å². The van der Waals surface area contributed by atoms with Gasteiger partial charge in [0.15, 0.2) is 0 Å². The monoisotopic (exact) mass is 347 g/mol. The number of benzene rings is 2. The normalized spacial score (nSPS) is 16.7. The van der Waals surface area contributed by atoms with Gasteiger partial charge in [0, 0.05) is 12.5 Å². The first-order valence-corrected chi connectivity index (χ1v) is 9.16. The molecule has 3 heterocycles. The van der Waals surface area contributed by atoms with E-state index in [1.54, 1.807) is 0 Å². The predicted molar refractivity (Wildman–Crippen MR) is 99.9 cm³/mol. The topological polar surface area (TPSA) is 70.8 Å². The predicted octanol–water partition coefficient (Wildman–Crippen LogP) is 3.79. The van der Waals surface area contributed by atoms with Crippen LogP contribution in [0.3, 0.4) is 0 Å². The zero-order valence-corrected chi connectivity index (χ0v) is 14.8. The molecular formula is C20H21N5O. The van der Waals surface area contributed by atoms with Crippen LogP contribution < -0.4 is 0 Å². The van der Waals surface area contributed by atoms with Crippen LogP contribution >= 0.6 is 0 Å². The number of aryl methyl sites for hydroxylation is 1. The standard InChI is InChI=1S/C20H21N5O/c1-13-4-2-6-16-18(13)22-20(21-16)14-8-10-25(11-9-14)12-15-5-3-7-17-19(15)24-26-23-17/h2-7,14H,8-12H2,1H3,(H,21,22). The first-order chi connectivity index (χ1) is 12.8. The Balaban J connectivity index is 1.30. The van der Waals surface area contributed by atoms with Crippen LogP contribution in [-0.4, -0.2) is 38.3 Å². The number of piperidine rings is 1. The van der Waals surface area contributed by atoms with E-state index in [0.717, 1.165) is 60.4 Å². The summed E-state index contributed by atoms with van der Waals surface area (Å²) in [5.41, 5.74) is 6.37. The zero-order valence-electron chi connectivity index (χ0n) is 14.8. The van der Waals surface area contributed by atoms with Gasteiger partial charge in [-0.25, -0.2) is 9.61 Å². The lowest BCUT2D eigenvalue weighted by atomic mass is 9.95. The Morgan fingerprint density at radius 1 is 1.08 bits per heavy atom. The van der Waals surface area contributed by atoms with Crippen LogP contribution in [0.1, 0.15) is 35.7 Å². The van der Waals surface area contributed by atoms with E-state index in [-0.39, 0.29) is 0 Å². The van der Waals surface area contributed by atoms with E-state index in [1.165, 1.54) is 11.1 Å². The maximum Gasteiger partial charge on any atom is 0.139 e. The molecule has 0 radical (unpaired) electrons. The molecule has 0 spiro atoms. The highest BCUT2D eigenvalue weighted by Crippen LogP contribution is 2.29. The fraction of sp³-hybridized carbons (Fsp3) is 0.350. The fourth-order valence-electron chi connectivity index (χ4n) is 3.98. The molecular weight excluding hydrogens is 326 g/mol. The number of aromatic amines is 1. The van der Waals surface area contributed by atoms with Crippen molar-refractivity contribution in [1.29, 1.82) is 0 Å². The first kappa shape index (κ1) is 15.5. The van der Waals surface area contributed by atoms with Gasteiger partial charge in [-0.1, -0.05) is 24.3 Å². The lowest BCUT2D eigenvalue weighted by Crippen LogP contribution is -2.32. The van der Waals surface area contributed by atoms with Crippen molar-refractivity contribution < 1.29 is 4.63 Å². The smallest absolute Gasteiger partial charge is 0.139 e. The highest BCUT2D eigenvalue weighted by molar-refractivity contribution is 5.78. The minimum absolute atomic E-state index is 0.502. The number of hydrogen-bond donors (Lipinski definition) is 1. The van der Waals surface area contributed by atoms with Gasteiger partial charge in [0.25, 0.3) is 0 Å². The first-order valence-electron chi connectivity index (χ1n) is 9.16. The maximum atomic E-state index is 4.88. The molecule has 1 aliphatic heterocycles. The number of imidazole rings is 1. The minimum atomic E-state index is 0.502. The third-order valence-corrected chi connectivity index (χ3v) is 5.47. The highest BCUT2D eigenvalue weighted by Gasteiger charge is 2.24. The Kier molecular flexibility index (Phi) is 3.71. The molecule has 0 amide bonds. The van der Waals surface area contributed by atoms with E-state index in [1.807, 2.05) is 12.1 Å². The Bertz CT molecular complexity index is 1060. The van der Waals surface area contributed by atoms with Crippen LogP contribution in [0.15, 0.2) is 41.0 Å². The molecule has 132 valence electrons. The second-order valence-corrected chi connectivity index (χ2v) is 7.19. The highest BCUT2D eigenvalue weighted by atomic mass is 16.6. The van der Waals surface area contributed by atoms with Gasteiger partial charge in [-0.05, 0) is 66.4 Å². The molecule has 0 aliphatic carbocycles.